The Kier molecular flexibility index (Phi) is 9.58. The molecule has 0 saturated carbocycles. The van der Waals surface area contributed by atoms with E-state index in [4.69, 9.17) is 4.74 Å². The number of halogens is 3. The molecule has 1 fully saturated rings. The monoisotopic (exact) mass is 663 g/mol. The summed E-state index contributed by atoms with van der Waals surface area (Å²) in [6, 6.07) is 1.92. The van der Waals surface area contributed by atoms with Crippen molar-refractivity contribution < 1.29 is 49.0 Å². The third-order valence-electron chi connectivity index (χ3n) is 3.48. The van der Waals surface area contributed by atoms with Crippen LogP contribution in [-0.4, -0.2) is 31.6 Å². The molecule has 9 heteroatoms. The molecule has 1 saturated heterocycles. The zero-order valence-electron chi connectivity index (χ0n) is 12.7. The second-order valence-electron chi connectivity index (χ2n) is 4.79. The summed E-state index contributed by atoms with van der Waals surface area (Å²) in [5.41, 5.74) is 1.52. The SMILES string of the molecule is CCC(C(=O)[O-])c1c(I)cc(I)c(N2CCOCC2=O)c1I.[Na+]. The van der Waals surface area contributed by atoms with Gasteiger partial charge in [-0.15, -0.1) is 0 Å². The first-order valence-electron chi connectivity index (χ1n) is 6.64. The fourth-order valence-electron chi connectivity index (χ4n) is 2.40. The van der Waals surface area contributed by atoms with Crippen LogP contribution in [-0.2, 0) is 14.3 Å². The number of nitrogens with zero attached hydrogens (tertiary/aromatic N) is 1. The van der Waals surface area contributed by atoms with Crippen molar-refractivity contribution in [1.82, 2.24) is 0 Å². The predicted octanol–water partition coefficient (Wildman–Crippen LogP) is -0.889. The van der Waals surface area contributed by atoms with E-state index in [2.05, 4.69) is 67.8 Å². The molecule has 0 spiro atoms. The average molecular weight is 663 g/mol. The smallest absolute Gasteiger partial charge is 0.549 e. The first kappa shape index (κ1) is 22.4. The molecule has 0 aromatic heterocycles. The van der Waals surface area contributed by atoms with Gasteiger partial charge in [-0.2, -0.15) is 0 Å². The molecule has 1 heterocycles. The van der Waals surface area contributed by atoms with Crippen LogP contribution in [0.4, 0.5) is 5.69 Å². The Morgan fingerprint density at radius 1 is 1.39 bits per heavy atom. The van der Waals surface area contributed by atoms with Crippen molar-refractivity contribution in [3.63, 3.8) is 0 Å². The second-order valence-corrected chi connectivity index (χ2v) is 8.20. The minimum atomic E-state index is -1.08. The van der Waals surface area contributed by atoms with E-state index < -0.39 is 11.9 Å². The van der Waals surface area contributed by atoms with Gasteiger partial charge in [0.05, 0.1) is 12.3 Å². The number of carbonyl (C=O) groups is 2. The molecule has 0 N–H and O–H groups in total. The zero-order chi connectivity index (χ0) is 16.4. The number of carboxylic acid groups (broad SMARTS) is 1. The van der Waals surface area contributed by atoms with E-state index in [9.17, 15) is 14.7 Å². The molecular weight excluding hydrogens is 650 g/mol. The number of ether oxygens (including phenoxy) is 1. The van der Waals surface area contributed by atoms with E-state index in [1.54, 1.807) is 4.90 Å². The van der Waals surface area contributed by atoms with Crippen molar-refractivity contribution in [2.45, 2.75) is 19.3 Å². The van der Waals surface area contributed by atoms with Gasteiger partial charge in [0.25, 0.3) is 5.91 Å². The largest absolute Gasteiger partial charge is 1.00 e. The van der Waals surface area contributed by atoms with Crippen molar-refractivity contribution in [1.29, 1.82) is 0 Å². The standard InChI is InChI=1S/C14H14I3NO4.Na/c1-2-7(14(20)21)11-8(15)5-9(16)13(12(11)17)18-3-4-22-6-10(18)19;/h5,7H,2-4,6H2,1H3,(H,20,21);/q;+1/p-1. The quantitative estimate of drug-likeness (QED) is 0.310. The molecule has 1 aromatic rings. The Labute approximate surface area is 198 Å². The maximum atomic E-state index is 12.1. The molecule has 1 aliphatic rings. The number of hydrogen-bond donors (Lipinski definition) is 0. The van der Waals surface area contributed by atoms with Crippen LogP contribution in [0.2, 0.25) is 0 Å². The molecule has 5 nitrogen and oxygen atoms in total. The van der Waals surface area contributed by atoms with Gasteiger partial charge in [-0.3, -0.25) is 4.79 Å². The van der Waals surface area contributed by atoms with Gasteiger partial charge in [-0.25, -0.2) is 0 Å². The average Bonchev–Trinajstić information content (AvgIpc) is 2.44. The summed E-state index contributed by atoms with van der Waals surface area (Å²) in [7, 11) is 0. The summed E-state index contributed by atoms with van der Waals surface area (Å²) in [6.45, 7) is 2.85. The fourth-order valence-corrected chi connectivity index (χ4v) is 7.11. The molecular formula is C14H13I3NNaO4. The van der Waals surface area contributed by atoms with Gasteiger partial charge < -0.3 is 19.5 Å². The van der Waals surface area contributed by atoms with Gasteiger partial charge in [0, 0.05) is 29.1 Å². The number of anilines is 1. The summed E-state index contributed by atoms with van der Waals surface area (Å²) in [6.07, 6.45) is 0.450. The van der Waals surface area contributed by atoms with Crippen molar-refractivity contribution >= 4 is 85.3 Å². The molecule has 1 aromatic carbocycles. The van der Waals surface area contributed by atoms with Gasteiger partial charge in [0.15, 0.2) is 0 Å². The van der Waals surface area contributed by atoms with Crippen molar-refractivity contribution in [3.05, 3.63) is 22.3 Å². The number of morpholine rings is 1. The van der Waals surface area contributed by atoms with Crippen molar-refractivity contribution in [3.8, 4) is 0 Å². The maximum Gasteiger partial charge on any atom is 1.00 e. The first-order chi connectivity index (χ1) is 10.4. The second kappa shape index (κ2) is 9.86. The number of amides is 1. The van der Waals surface area contributed by atoms with Gasteiger partial charge in [-0.05, 0) is 85.8 Å². The molecule has 0 bridgehead atoms. The van der Waals surface area contributed by atoms with Crippen LogP contribution in [0.3, 0.4) is 0 Å². The van der Waals surface area contributed by atoms with E-state index in [-0.39, 0.29) is 42.1 Å². The van der Waals surface area contributed by atoms with Crippen LogP contribution in [0.15, 0.2) is 6.07 Å². The number of aliphatic carboxylic acids is 1. The van der Waals surface area contributed by atoms with E-state index in [1.165, 1.54) is 0 Å². The van der Waals surface area contributed by atoms with Crippen LogP contribution >= 0.6 is 67.8 Å². The molecule has 0 radical (unpaired) electrons. The van der Waals surface area contributed by atoms with Gasteiger partial charge >= 0.3 is 29.6 Å². The van der Waals surface area contributed by atoms with E-state index in [0.717, 1.165) is 22.0 Å². The molecule has 23 heavy (non-hydrogen) atoms. The normalized spacial score (nSPS) is 16.0. The van der Waals surface area contributed by atoms with Crippen LogP contribution < -0.4 is 39.6 Å². The Hall–Kier alpha value is 1.31. The first-order valence-corrected chi connectivity index (χ1v) is 9.88. The Balaban J connectivity index is 0.00000264. The number of benzene rings is 1. The minimum Gasteiger partial charge on any atom is -0.549 e. The zero-order valence-corrected chi connectivity index (χ0v) is 21.2. The molecule has 1 aliphatic heterocycles. The number of hydrogen-bond acceptors (Lipinski definition) is 4. The van der Waals surface area contributed by atoms with Gasteiger partial charge in [-0.1, -0.05) is 6.92 Å². The summed E-state index contributed by atoms with van der Waals surface area (Å²) < 4.78 is 7.79. The van der Waals surface area contributed by atoms with Crippen molar-refractivity contribution in [2.75, 3.05) is 24.7 Å². The third-order valence-corrected chi connectivity index (χ3v) is 6.29. The van der Waals surface area contributed by atoms with E-state index >= 15 is 0 Å². The molecule has 0 aliphatic carbocycles. The van der Waals surface area contributed by atoms with E-state index in [1.807, 2.05) is 13.0 Å². The molecule has 1 atom stereocenters. The molecule has 1 amide bonds. The number of carbonyl (C=O) groups excluding carboxylic acids is 2. The number of rotatable bonds is 4. The van der Waals surface area contributed by atoms with Crippen LogP contribution in [0.1, 0.15) is 24.8 Å². The minimum absolute atomic E-state index is 0. The maximum absolute atomic E-state index is 12.1. The number of carboxylic acids is 1. The Morgan fingerprint density at radius 2 is 2.04 bits per heavy atom. The van der Waals surface area contributed by atoms with Gasteiger partial charge in [0.1, 0.15) is 6.61 Å². The fraction of sp³-hybridized carbons (Fsp3) is 0.429. The van der Waals surface area contributed by atoms with Crippen LogP contribution in [0.25, 0.3) is 0 Å². The van der Waals surface area contributed by atoms with Crippen LogP contribution in [0.5, 0.6) is 0 Å². The summed E-state index contributed by atoms with van der Waals surface area (Å²) in [4.78, 5) is 25.3. The van der Waals surface area contributed by atoms with Gasteiger partial charge in [0.2, 0.25) is 0 Å². The third kappa shape index (κ3) is 4.94. The predicted molar refractivity (Wildman–Crippen MR) is 106 cm³/mol. The Morgan fingerprint density at radius 3 is 2.57 bits per heavy atom. The van der Waals surface area contributed by atoms with Crippen molar-refractivity contribution in [2.24, 2.45) is 0 Å². The Bertz CT molecular complexity index is 627. The topological polar surface area (TPSA) is 69.7 Å². The summed E-state index contributed by atoms with van der Waals surface area (Å²) in [5.74, 6) is -1.86. The summed E-state index contributed by atoms with van der Waals surface area (Å²) >= 11 is 6.47. The summed E-state index contributed by atoms with van der Waals surface area (Å²) in [5, 5.41) is 11.5. The van der Waals surface area contributed by atoms with E-state index in [0.29, 0.717) is 19.6 Å². The van der Waals surface area contributed by atoms with Crippen LogP contribution in [0, 0.1) is 10.7 Å². The molecule has 120 valence electrons. The molecule has 2 rings (SSSR count). The molecule has 1 unspecified atom stereocenters.